The Hall–Kier alpha value is -1.99. The van der Waals surface area contributed by atoms with Gasteiger partial charge < -0.3 is 9.88 Å². The molecule has 4 rings (SSSR count). The molecule has 0 spiro atoms. The van der Waals surface area contributed by atoms with E-state index in [1.165, 1.54) is 11.3 Å². The van der Waals surface area contributed by atoms with Gasteiger partial charge in [0.25, 0.3) is 5.91 Å². The number of rotatable bonds is 3. The highest BCUT2D eigenvalue weighted by Gasteiger charge is 2.23. The Morgan fingerprint density at radius 2 is 2.39 bits per heavy atom. The molecule has 23 heavy (non-hydrogen) atoms. The third kappa shape index (κ3) is 2.82. The Kier molecular flexibility index (Phi) is 3.74. The number of hydrogen-bond acceptors (Lipinski definition) is 5. The SMILES string of the molecule is Cc1nc(-c2ccsc2)sc1C(=O)N[C@H]1CCc2nccn2C1. The summed E-state index contributed by atoms with van der Waals surface area (Å²) in [6, 6.07) is 2.18. The molecule has 7 heteroatoms. The highest BCUT2D eigenvalue weighted by atomic mass is 32.1. The first-order valence-electron chi connectivity index (χ1n) is 7.51. The number of fused-ring (bicyclic) bond motifs is 1. The topological polar surface area (TPSA) is 59.8 Å². The normalized spacial score (nSPS) is 17.0. The second-order valence-corrected chi connectivity index (χ2v) is 7.43. The van der Waals surface area contributed by atoms with Crippen LogP contribution in [0.15, 0.2) is 29.2 Å². The van der Waals surface area contributed by atoms with E-state index in [-0.39, 0.29) is 11.9 Å². The maximum absolute atomic E-state index is 12.6. The van der Waals surface area contributed by atoms with E-state index in [1.807, 2.05) is 30.8 Å². The van der Waals surface area contributed by atoms with Gasteiger partial charge in [0.05, 0.1) is 5.69 Å². The number of amides is 1. The summed E-state index contributed by atoms with van der Waals surface area (Å²) in [7, 11) is 0. The summed E-state index contributed by atoms with van der Waals surface area (Å²) in [6.07, 6.45) is 5.62. The lowest BCUT2D eigenvalue weighted by Gasteiger charge is -2.24. The predicted molar refractivity (Wildman–Crippen MR) is 92.0 cm³/mol. The quantitative estimate of drug-likeness (QED) is 0.794. The van der Waals surface area contributed by atoms with E-state index in [1.54, 1.807) is 11.3 Å². The van der Waals surface area contributed by atoms with Crippen LogP contribution in [0.4, 0.5) is 0 Å². The van der Waals surface area contributed by atoms with Gasteiger partial charge in [-0.05, 0) is 24.8 Å². The zero-order valence-corrected chi connectivity index (χ0v) is 14.3. The van der Waals surface area contributed by atoms with Crippen molar-refractivity contribution in [3.63, 3.8) is 0 Å². The molecule has 1 aliphatic heterocycles. The van der Waals surface area contributed by atoms with Crippen LogP contribution in [0.2, 0.25) is 0 Å². The lowest BCUT2D eigenvalue weighted by atomic mass is 10.1. The van der Waals surface area contributed by atoms with Crippen LogP contribution in [0.5, 0.6) is 0 Å². The maximum Gasteiger partial charge on any atom is 0.263 e. The fraction of sp³-hybridized carbons (Fsp3) is 0.312. The summed E-state index contributed by atoms with van der Waals surface area (Å²) in [5, 5.41) is 8.14. The van der Waals surface area contributed by atoms with Gasteiger partial charge in [0, 0.05) is 42.3 Å². The molecule has 0 aliphatic carbocycles. The molecule has 0 radical (unpaired) electrons. The van der Waals surface area contributed by atoms with Crippen molar-refractivity contribution in [3.05, 3.63) is 45.6 Å². The van der Waals surface area contributed by atoms with Gasteiger partial charge in [0.2, 0.25) is 0 Å². The third-order valence-corrected chi connectivity index (χ3v) is 5.93. The van der Waals surface area contributed by atoms with Crippen LogP contribution < -0.4 is 5.32 Å². The lowest BCUT2D eigenvalue weighted by molar-refractivity contribution is 0.0931. The van der Waals surface area contributed by atoms with Crippen LogP contribution >= 0.6 is 22.7 Å². The van der Waals surface area contributed by atoms with Gasteiger partial charge in [0.1, 0.15) is 15.7 Å². The molecule has 118 valence electrons. The minimum Gasteiger partial charge on any atom is -0.347 e. The van der Waals surface area contributed by atoms with Gasteiger partial charge in [-0.25, -0.2) is 9.97 Å². The second kappa shape index (κ2) is 5.90. The van der Waals surface area contributed by atoms with Crippen molar-refractivity contribution in [2.24, 2.45) is 0 Å². The molecule has 0 aromatic carbocycles. The molecule has 0 saturated carbocycles. The summed E-state index contributed by atoms with van der Waals surface area (Å²) in [4.78, 5) is 22.2. The number of thiophene rings is 1. The van der Waals surface area contributed by atoms with Gasteiger partial charge in [-0.15, -0.1) is 11.3 Å². The molecule has 4 heterocycles. The van der Waals surface area contributed by atoms with Crippen molar-refractivity contribution in [3.8, 4) is 10.6 Å². The summed E-state index contributed by atoms with van der Waals surface area (Å²) >= 11 is 3.10. The van der Waals surface area contributed by atoms with Crippen LogP contribution in [0.3, 0.4) is 0 Å². The number of imidazole rings is 1. The van der Waals surface area contributed by atoms with Crippen LogP contribution in [-0.4, -0.2) is 26.5 Å². The van der Waals surface area contributed by atoms with Gasteiger partial charge >= 0.3 is 0 Å². The van der Waals surface area contributed by atoms with Crippen molar-refractivity contribution in [2.75, 3.05) is 0 Å². The maximum atomic E-state index is 12.6. The molecule has 3 aromatic heterocycles. The molecule has 1 atom stereocenters. The molecule has 1 amide bonds. The Morgan fingerprint density at radius 1 is 1.48 bits per heavy atom. The Morgan fingerprint density at radius 3 is 3.22 bits per heavy atom. The van der Waals surface area contributed by atoms with Crippen molar-refractivity contribution < 1.29 is 4.79 Å². The van der Waals surface area contributed by atoms with E-state index in [4.69, 9.17) is 0 Å². The summed E-state index contributed by atoms with van der Waals surface area (Å²) in [6.45, 7) is 2.69. The highest BCUT2D eigenvalue weighted by Crippen LogP contribution is 2.29. The molecule has 0 saturated heterocycles. The molecule has 0 fully saturated rings. The van der Waals surface area contributed by atoms with Gasteiger partial charge in [0.15, 0.2) is 0 Å². The van der Waals surface area contributed by atoms with Crippen LogP contribution in [0, 0.1) is 6.92 Å². The van der Waals surface area contributed by atoms with Crippen molar-refractivity contribution in [1.82, 2.24) is 19.9 Å². The van der Waals surface area contributed by atoms with E-state index in [0.717, 1.165) is 41.5 Å². The largest absolute Gasteiger partial charge is 0.347 e. The number of carbonyl (C=O) groups excluding carboxylic acids is 1. The van der Waals surface area contributed by atoms with E-state index >= 15 is 0 Å². The Labute approximate surface area is 142 Å². The number of hydrogen-bond donors (Lipinski definition) is 1. The molecule has 3 aromatic rings. The summed E-state index contributed by atoms with van der Waals surface area (Å²) in [5.41, 5.74) is 1.88. The number of nitrogens with one attached hydrogen (secondary N) is 1. The van der Waals surface area contributed by atoms with E-state index in [9.17, 15) is 4.79 Å². The Balaban J connectivity index is 1.50. The summed E-state index contributed by atoms with van der Waals surface area (Å²) < 4.78 is 2.12. The highest BCUT2D eigenvalue weighted by molar-refractivity contribution is 7.17. The molecular weight excluding hydrogens is 328 g/mol. The monoisotopic (exact) mass is 344 g/mol. The first-order chi connectivity index (χ1) is 11.2. The standard InChI is InChI=1S/C16H16N4OS2/c1-10-14(23-16(18-10)11-4-7-22-9-11)15(21)19-12-2-3-13-17-5-6-20(13)8-12/h4-7,9,12H,2-3,8H2,1H3,(H,19,21)/t12-/m0/s1. The average molecular weight is 344 g/mol. The smallest absolute Gasteiger partial charge is 0.263 e. The second-order valence-electron chi connectivity index (χ2n) is 5.65. The van der Waals surface area contributed by atoms with E-state index in [0.29, 0.717) is 4.88 Å². The van der Waals surface area contributed by atoms with Crippen molar-refractivity contribution >= 4 is 28.6 Å². The van der Waals surface area contributed by atoms with Gasteiger partial charge in [-0.3, -0.25) is 4.79 Å². The minimum atomic E-state index is -0.0185. The third-order valence-electron chi connectivity index (χ3n) is 4.04. The van der Waals surface area contributed by atoms with Crippen LogP contribution in [-0.2, 0) is 13.0 Å². The van der Waals surface area contributed by atoms with Gasteiger partial charge in [-0.2, -0.15) is 11.3 Å². The molecule has 5 nitrogen and oxygen atoms in total. The fourth-order valence-electron chi connectivity index (χ4n) is 2.85. The van der Waals surface area contributed by atoms with Crippen molar-refractivity contribution in [1.29, 1.82) is 0 Å². The zero-order chi connectivity index (χ0) is 15.8. The van der Waals surface area contributed by atoms with Crippen LogP contribution in [0.25, 0.3) is 10.6 Å². The number of aromatic nitrogens is 3. The summed E-state index contributed by atoms with van der Waals surface area (Å²) in [5.74, 6) is 1.08. The van der Waals surface area contributed by atoms with Gasteiger partial charge in [-0.1, -0.05) is 0 Å². The average Bonchev–Trinajstić information content (AvgIpc) is 3.26. The molecule has 0 bridgehead atoms. The number of nitrogens with zero attached hydrogens (tertiary/aromatic N) is 3. The van der Waals surface area contributed by atoms with Crippen LogP contribution in [0.1, 0.15) is 27.6 Å². The Bertz CT molecular complexity index is 834. The minimum absolute atomic E-state index is 0.0185. The number of carbonyl (C=O) groups is 1. The molecular formula is C16H16N4OS2. The zero-order valence-electron chi connectivity index (χ0n) is 12.7. The first kappa shape index (κ1) is 14.6. The predicted octanol–water partition coefficient (Wildman–Crippen LogP) is 3.12. The number of aryl methyl sites for hydroxylation is 2. The van der Waals surface area contributed by atoms with Crippen molar-refractivity contribution in [2.45, 2.75) is 32.4 Å². The number of thiazole rings is 1. The molecule has 1 aliphatic rings. The lowest BCUT2D eigenvalue weighted by Crippen LogP contribution is -2.40. The van der Waals surface area contributed by atoms with E-state index in [2.05, 4.69) is 25.2 Å². The molecule has 0 unspecified atom stereocenters. The van der Waals surface area contributed by atoms with E-state index < -0.39 is 0 Å². The fourth-order valence-corrected chi connectivity index (χ4v) is 4.53. The molecule has 1 N–H and O–H groups in total. The first-order valence-corrected chi connectivity index (χ1v) is 9.27.